The molecule has 0 saturated carbocycles. The zero-order chi connectivity index (χ0) is 18.4. The van der Waals surface area contributed by atoms with Gasteiger partial charge < -0.3 is 15.2 Å². The van der Waals surface area contributed by atoms with Crippen molar-refractivity contribution in [3.05, 3.63) is 59.9 Å². The SMILES string of the molecule is O=C(NC1(C(=O)O)CCSCC1)c1cccc(OCc2cccnc2)c1. The monoisotopic (exact) mass is 372 g/mol. The van der Waals surface area contributed by atoms with Crippen LogP contribution >= 0.6 is 11.8 Å². The second kappa shape index (κ2) is 8.23. The maximum absolute atomic E-state index is 12.6. The van der Waals surface area contributed by atoms with Gasteiger partial charge in [-0.25, -0.2) is 4.79 Å². The van der Waals surface area contributed by atoms with Crippen LogP contribution in [0.1, 0.15) is 28.8 Å². The predicted octanol–water partition coefficient (Wildman–Crippen LogP) is 2.74. The van der Waals surface area contributed by atoms with Crippen LogP contribution in [0.25, 0.3) is 0 Å². The molecule has 1 saturated heterocycles. The van der Waals surface area contributed by atoms with Crippen molar-refractivity contribution in [2.45, 2.75) is 25.0 Å². The molecular formula is C19H20N2O4S. The number of nitrogens with one attached hydrogen (secondary N) is 1. The van der Waals surface area contributed by atoms with E-state index in [1.807, 2.05) is 12.1 Å². The maximum atomic E-state index is 12.6. The Balaban J connectivity index is 1.68. The topological polar surface area (TPSA) is 88.5 Å². The highest BCUT2D eigenvalue weighted by molar-refractivity contribution is 7.99. The van der Waals surface area contributed by atoms with E-state index in [0.717, 1.165) is 17.1 Å². The number of pyridine rings is 1. The van der Waals surface area contributed by atoms with Crippen LogP contribution in [0.4, 0.5) is 0 Å². The summed E-state index contributed by atoms with van der Waals surface area (Å²) in [6.07, 6.45) is 4.26. The van der Waals surface area contributed by atoms with Crippen LogP contribution in [0.3, 0.4) is 0 Å². The molecule has 0 atom stereocenters. The molecule has 1 fully saturated rings. The van der Waals surface area contributed by atoms with Crippen molar-refractivity contribution in [2.24, 2.45) is 0 Å². The Bertz CT molecular complexity index is 776. The van der Waals surface area contributed by atoms with Gasteiger partial charge in [0.1, 0.15) is 17.9 Å². The normalized spacial score (nSPS) is 15.8. The van der Waals surface area contributed by atoms with Crippen molar-refractivity contribution in [3.8, 4) is 5.75 Å². The molecule has 0 aliphatic carbocycles. The first-order valence-corrected chi connectivity index (χ1v) is 9.50. The van der Waals surface area contributed by atoms with E-state index in [2.05, 4.69) is 10.3 Å². The lowest BCUT2D eigenvalue weighted by molar-refractivity contribution is -0.144. The third kappa shape index (κ3) is 4.35. The molecule has 1 amide bonds. The number of amides is 1. The zero-order valence-corrected chi connectivity index (χ0v) is 15.0. The summed E-state index contributed by atoms with van der Waals surface area (Å²) in [5.41, 5.74) is 0.119. The zero-order valence-electron chi connectivity index (χ0n) is 14.2. The summed E-state index contributed by atoms with van der Waals surface area (Å²) < 4.78 is 5.71. The first-order chi connectivity index (χ1) is 12.6. The van der Waals surface area contributed by atoms with Crippen LogP contribution in [0.2, 0.25) is 0 Å². The Kier molecular flexibility index (Phi) is 5.78. The standard InChI is InChI=1S/C19H20N2O4S/c22-17(21-19(18(23)24)6-9-26-10-7-19)15-4-1-5-16(11-15)25-13-14-3-2-8-20-12-14/h1-5,8,11-12H,6-7,9-10,13H2,(H,21,22)(H,23,24). The number of aromatic nitrogens is 1. The van der Waals surface area contributed by atoms with E-state index in [-0.39, 0.29) is 0 Å². The number of carbonyl (C=O) groups excluding carboxylic acids is 1. The fourth-order valence-corrected chi connectivity index (χ4v) is 3.97. The van der Waals surface area contributed by atoms with E-state index in [1.165, 1.54) is 0 Å². The van der Waals surface area contributed by atoms with Crippen LogP contribution in [0, 0.1) is 0 Å². The number of aliphatic carboxylic acids is 1. The van der Waals surface area contributed by atoms with Gasteiger partial charge in [0.25, 0.3) is 5.91 Å². The molecule has 1 aromatic carbocycles. The first kappa shape index (κ1) is 18.3. The lowest BCUT2D eigenvalue weighted by Gasteiger charge is -2.33. The van der Waals surface area contributed by atoms with Crippen molar-refractivity contribution < 1.29 is 19.4 Å². The fourth-order valence-electron chi connectivity index (χ4n) is 2.78. The van der Waals surface area contributed by atoms with Crippen molar-refractivity contribution in [1.29, 1.82) is 0 Å². The van der Waals surface area contributed by atoms with Gasteiger partial charge in [-0.2, -0.15) is 11.8 Å². The smallest absolute Gasteiger partial charge is 0.329 e. The Morgan fingerprint density at radius 1 is 1.23 bits per heavy atom. The molecule has 0 unspecified atom stereocenters. The van der Waals surface area contributed by atoms with E-state index in [9.17, 15) is 14.7 Å². The molecule has 6 nitrogen and oxygen atoms in total. The van der Waals surface area contributed by atoms with E-state index in [4.69, 9.17) is 4.74 Å². The molecule has 2 heterocycles. The van der Waals surface area contributed by atoms with Crippen LogP contribution in [0.5, 0.6) is 5.75 Å². The Morgan fingerprint density at radius 3 is 2.73 bits per heavy atom. The molecule has 2 aromatic rings. The van der Waals surface area contributed by atoms with E-state index < -0.39 is 17.4 Å². The average Bonchev–Trinajstić information content (AvgIpc) is 2.68. The van der Waals surface area contributed by atoms with Crippen molar-refractivity contribution >= 4 is 23.6 Å². The minimum Gasteiger partial charge on any atom is -0.489 e. The summed E-state index contributed by atoms with van der Waals surface area (Å²) >= 11 is 1.70. The van der Waals surface area contributed by atoms with Crippen molar-refractivity contribution in [3.63, 3.8) is 0 Å². The number of carboxylic acid groups (broad SMARTS) is 1. The largest absolute Gasteiger partial charge is 0.489 e. The lowest BCUT2D eigenvalue weighted by atomic mass is 9.92. The molecule has 1 aliphatic rings. The number of hydrogen-bond acceptors (Lipinski definition) is 5. The Morgan fingerprint density at radius 2 is 2.04 bits per heavy atom. The van der Waals surface area contributed by atoms with Gasteiger partial charge in [-0.3, -0.25) is 9.78 Å². The van der Waals surface area contributed by atoms with Gasteiger partial charge in [0.15, 0.2) is 0 Å². The third-order valence-electron chi connectivity index (χ3n) is 4.33. The number of hydrogen-bond donors (Lipinski definition) is 2. The minimum absolute atomic E-state index is 0.342. The number of carbonyl (C=O) groups is 2. The summed E-state index contributed by atoms with van der Waals surface area (Å²) in [5, 5.41) is 12.3. The van der Waals surface area contributed by atoms with E-state index in [0.29, 0.717) is 30.8 Å². The predicted molar refractivity (Wildman–Crippen MR) is 99.4 cm³/mol. The van der Waals surface area contributed by atoms with Gasteiger partial charge in [-0.05, 0) is 48.6 Å². The highest BCUT2D eigenvalue weighted by atomic mass is 32.2. The number of ether oxygens (including phenoxy) is 1. The number of rotatable bonds is 6. The number of nitrogens with zero attached hydrogens (tertiary/aromatic N) is 1. The fraction of sp³-hybridized carbons (Fsp3) is 0.316. The summed E-state index contributed by atoms with van der Waals surface area (Å²) in [7, 11) is 0. The Labute approximate surface area is 156 Å². The summed E-state index contributed by atoms with van der Waals surface area (Å²) in [6, 6.07) is 10.5. The molecule has 1 aromatic heterocycles. The summed E-state index contributed by atoms with van der Waals surface area (Å²) in [5.74, 6) is 0.619. The second-order valence-electron chi connectivity index (χ2n) is 6.13. The number of thioether (sulfide) groups is 1. The first-order valence-electron chi connectivity index (χ1n) is 8.34. The van der Waals surface area contributed by atoms with Crippen molar-refractivity contribution in [2.75, 3.05) is 11.5 Å². The van der Waals surface area contributed by atoms with Crippen LogP contribution < -0.4 is 10.1 Å². The highest BCUT2D eigenvalue weighted by Gasteiger charge is 2.41. The molecule has 7 heteroatoms. The quantitative estimate of drug-likeness (QED) is 0.811. The summed E-state index contributed by atoms with van der Waals surface area (Å²) in [4.78, 5) is 28.3. The lowest BCUT2D eigenvalue weighted by Crippen LogP contribution is -2.56. The molecule has 26 heavy (non-hydrogen) atoms. The van der Waals surface area contributed by atoms with Gasteiger partial charge in [0, 0.05) is 23.5 Å². The van der Waals surface area contributed by atoms with Gasteiger partial charge in [-0.15, -0.1) is 0 Å². The van der Waals surface area contributed by atoms with Crippen LogP contribution in [-0.4, -0.2) is 39.0 Å². The number of benzene rings is 1. The molecular weight excluding hydrogens is 352 g/mol. The molecule has 2 N–H and O–H groups in total. The molecule has 0 bridgehead atoms. The second-order valence-corrected chi connectivity index (χ2v) is 7.36. The maximum Gasteiger partial charge on any atom is 0.329 e. The molecule has 0 radical (unpaired) electrons. The van der Waals surface area contributed by atoms with E-state index >= 15 is 0 Å². The molecule has 136 valence electrons. The van der Waals surface area contributed by atoms with Gasteiger partial charge >= 0.3 is 5.97 Å². The van der Waals surface area contributed by atoms with Crippen LogP contribution in [-0.2, 0) is 11.4 Å². The third-order valence-corrected chi connectivity index (χ3v) is 5.32. The minimum atomic E-state index is -1.19. The summed E-state index contributed by atoms with van der Waals surface area (Å²) in [6.45, 7) is 0.342. The van der Waals surface area contributed by atoms with Gasteiger partial charge in [0.05, 0.1) is 0 Å². The number of carboxylic acids is 1. The van der Waals surface area contributed by atoms with Crippen molar-refractivity contribution in [1.82, 2.24) is 10.3 Å². The van der Waals surface area contributed by atoms with E-state index in [1.54, 1.807) is 48.4 Å². The Hall–Kier alpha value is -2.54. The highest BCUT2D eigenvalue weighted by Crippen LogP contribution is 2.28. The van der Waals surface area contributed by atoms with Gasteiger partial charge in [0.2, 0.25) is 0 Å². The average molecular weight is 372 g/mol. The van der Waals surface area contributed by atoms with Gasteiger partial charge in [-0.1, -0.05) is 12.1 Å². The molecule has 3 rings (SSSR count). The molecule has 0 spiro atoms. The van der Waals surface area contributed by atoms with Crippen LogP contribution in [0.15, 0.2) is 48.8 Å². The molecule has 1 aliphatic heterocycles.